The molecule has 0 bridgehead atoms. The molecule has 3 aromatic rings. The van der Waals surface area contributed by atoms with Crippen molar-refractivity contribution in [1.82, 2.24) is 9.80 Å². The van der Waals surface area contributed by atoms with Crippen molar-refractivity contribution in [2.45, 2.75) is 31.4 Å². The molecule has 180 valence electrons. The normalized spacial score (nSPS) is 18.6. The molecule has 34 heavy (non-hydrogen) atoms. The lowest BCUT2D eigenvalue weighted by atomic mass is 9.89. The first kappa shape index (κ1) is 23.4. The average molecular weight is 483 g/mol. The molecule has 0 aliphatic carbocycles. The Kier molecular flexibility index (Phi) is 6.97. The second-order valence-electron chi connectivity index (χ2n) is 9.32. The van der Waals surface area contributed by atoms with E-state index in [-0.39, 0.29) is 17.3 Å². The second-order valence-corrected chi connectivity index (χ2v) is 10.4. The molecule has 5 rings (SSSR count). The molecule has 5 nitrogen and oxygen atoms in total. The first-order chi connectivity index (χ1) is 16.6. The number of morpholine rings is 1. The van der Waals surface area contributed by atoms with Gasteiger partial charge in [-0.3, -0.25) is 9.69 Å². The van der Waals surface area contributed by atoms with Crippen molar-refractivity contribution in [2.24, 2.45) is 0 Å². The van der Waals surface area contributed by atoms with Gasteiger partial charge in [0.05, 0.1) is 30.2 Å². The fraction of sp³-hybridized carbons (Fsp3) is 0.444. The number of thiophene rings is 1. The number of fused-ring (bicyclic) bond motifs is 1. The first-order valence-electron chi connectivity index (χ1n) is 12.0. The van der Waals surface area contributed by atoms with E-state index in [1.165, 1.54) is 0 Å². The molecule has 1 spiro atoms. The van der Waals surface area contributed by atoms with Crippen molar-refractivity contribution in [3.8, 4) is 0 Å². The van der Waals surface area contributed by atoms with E-state index in [4.69, 9.17) is 9.47 Å². The monoisotopic (exact) mass is 482 g/mol. The molecular formula is C27H31FN2O3S. The van der Waals surface area contributed by atoms with E-state index in [9.17, 15) is 9.18 Å². The highest BCUT2D eigenvalue weighted by atomic mass is 32.1. The van der Waals surface area contributed by atoms with Crippen LogP contribution in [0.5, 0.6) is 0 Å². The van der Waals surface area contributed by atoms with Gasteiger partial charge in [-0.05, 0) is 42.3 Å². The third-order valence-electron chi connectivity index (χ3n) is 7.07. The van der Waals surface area contributed by atoms with E-state index in [2.05, 4.69) is 17.0 Å². The van der Waals surface area contributed by atoms with Crippen LogP contribution in [0.2, 0.25) is 0 Å². The average Bonchev–Trinajstić information content (AvgIpc) is 3.30. The highest BCUT2D eigenvalue weighted by Gasteiger charge is 2.41. The maximum atomic E-state index is 14.9. The SMILES string of the molecule is COCCc1cccc(CN2CCC3(CC2)CN(C(=O)c2cc4ccccc4s2)CCO3)c1F. The summed E-state index contributed by atoms with van der Waals surface area (Å²) in [4.78, 5) is 18.3. The summed E-state index contributed by atoms with van der Waals surface area (Å²) in [6, 6.07) is 15.8. The third-order valence-corrected chi connectivity index (χ3v) is 8.17. The van der Waals surface area contributed by atoms with Crippen molar-refractivity contribution in [3.63, 3.8) is 0 Å². The van der Waals surface area contributed by atoms with E-state index in [1.54, 1.807) is 18.4 Å². The minimum atomic E-state index is -0.306. The number of benzene rings is 2. The van der Waals surface area contributed by atoms with Gasteiger partial charge >= 0.3 is 0 Å². The van der Waals surface area contributed by atoms with Crippen LogP contribution in [0.15, 0.2) is 48.5 Å². The Balaban J connectivity index is 1.21. The minimum absolute atomic E-state index is 0.0984. The van der Waals surface area contributed by atoms with E-state index >= 15 is 0 Å². The molecule has 0 N–H and O–H groups in total. The highest BCUT2D eigenvalue weighted by molar-refractivity contribution is 7.20. The van der Waals surface area contributed by atoms with Crippen LogP contribution in [0.4, 0.5) is 4.39 Å². The van der Waals surface area contributed by atoms with Gasteiger partial charge in [0.15, 0.2) is 0 Å². The Morgan fingerprint density at radius 1 is 1.12 bits per heavy atom. The lowest BCUT2D eigenvalue weighted by Gasteiger charge is -2.47. The third kappa shape index (κ3) is 4.89. The molecule has 2 aromatic carbocycles. The Morgan fingerprint density at radius 3 is 2.71 bits per heavy atom. The van der Waals surface area contributed by atoms with E-state index in [0.29, 0.717) is 44.8 Å². The number of halogens is 1. The molecule has 3 heterocycles. The molecule has 0 unspecified atom stereocenters. The topological polar surface area (TPSA) is 42.0 Å². The fourth-order valence-electron chi connectivity index (χ4n) is 5.08. The van der Waals surface area contributed by atoms with Crippen LogP contribution < -0.4 is 0 Å². The number of amides is 1. The summed E-state index contributed by atoms with van der Waals surface area (Å²) in [5.74, 6) is -0.0184. The van der Waals surface area contributed by atoms with E-state index < -0.39 is 0 Å². The van der Waals surface area contributed by atoms with Gasteiger partial charge < -0.3 is 14.4 Å². The van der Waals surface area contributed by atoms with Gasteiger partial charge in [-0.2, -0.15) is 0 Å². The zero-order valence-corrected chi connectivity index (χ0v) is 20.4. The summed E-state index contributed by atoms with van der Waals surface area (Å²) in [5.41, 5.74) is 1.13. The lowest BCUT2D eigenvalue weighted by molar-refractivity contribution is -0.127. The number of hydrogen-bond donors (Lipinski definition) is 0. The van der Waals surface area contributed by atoms with Crippen LogP contribution in [0.3, 0.4) is 0 Å². The van der Waals surface area contributed by atoms with Gasteiger partial charge in [-0.25, -0.2) is 4.39 Å². The molecule has 0 radical (unpaired) electrons. The maximum absolute atomic E-state index is 14.9. The van der Waals surface area contributed by atoms with Crippen LogP contribution >= 0.6 is 11.3 Å². The molecule has 2 aliphatic heterocycles. The Morgan fingerprint density at radius 2 is 1.91 bits per heavy atom. The number of ether oxygens (including phenoxy) is 2. The number of carbonyl (C=O) groups is 1. The summed E-state index contributed by atoms with van der Waals surface area (Å²) in [6.07, 6.45) is 2.26. The fourth-order valence-corrected chi connectivity index (χ4v) is 6.11. The number of rotatable bonds is 6. The van der Waals surface area contributed by atoms with E-state index in [1.807, 2.05) is 41.3 Å². The number of carbonyl (C=O) groups excluding carboxylic acids is 1. The van der Waals surface area contributed by atoms with Crippen molar-refractivity contribution in [1.29, 1.82) is 0 Å². The maximum Gasteiger partial charge on any atom is 0.264 e. The number of piperidine rings is 1. The lowest BCUT2D eigenvalue weighted by Crippen LogP contribution is -2.57. The molecule has 2 aliphatic rings. The molecule has 1 amide bonds. The van der Waals surface area contributed by atoms with Gasteiger partial charge in [0.25, 0.3) is 5.91 Å². The van der Waals surface area contributed by atoms with Gasteiger partial charge in [0, 0.05) is 43.6 Å². The van der Waals surface area contributed by atoms with Crippen LogP contribution in [-0.4, -0.2) is 67.8 Å². The summed E-state index contributed by atoms with van der Waals surface area (Å²) in [6.45, 7) is 4.56. The van der Waals surface area contributed by atoms with Crippen LogP contribution in [0.1, 0.15) is 33.6 Å². The summed E-state index contributed by atoms with van der Waals surface area (Å²) in [7, 11) is 1.63. The largest absolute Gasteiger partial charge is 0.384 e. The van der Waals surface area contributed by atoms with Crippen LogP contribution in [0, 0.1) is 5.82 Å². The predicted molar refractivity (Wildman–Crippen MR) is 133 cm³/mol. The predicted octanol–water partition coefficient (Wildman–Crippen LogP) is 4.74. The van der Waals surface area contributed by atoms with Gasteiger partial charge in [-0.15, -0.1) is 11.3 Å². The quantitative estimate of drug-likeness (QED) is 0.509. The molecule has 2 fully saturated rings. The molecule has 0 atom stereocenters. The Bertz CT molecular complexity index is 1120. The molecule has 0 saturated carbocycles. The zero-order valence-electron chi connectivity index (χ0n) is 19.6. The van der Waals surface area contributed by atoms with Crippen LogP contribution in [0.25, 0.3) is 10.1 Å². The second kappa shape index (κ2) is 10.1. The summed E-state index contributed by atoms with van der Waals surface area (Å²) in [5, 5.41) is 1.12. The number of nitrogens with zero attached hydrogens (tertiary/aromatic N) is 2. The Labute approximate surface area is 204 Å². The molecular weight excluding hydrogens is 451 g/mol. The smallest absolute Gasteiger partial charge is 0.264 e. The van der Waals surface area contributed by atoms with Crippen molar-refractivity contribution in [3.05, 3.63) is 70.4 Å². The number of hydrogen-bond acceptors (Lipinski definition) is 5. The highest BCUT2D eigenvalue weighted by Crippen LogP contribution is 2.33. The first-order valence-corrected chi connectivity index (χ1v) is 12.8. The van der Waals surface area contributed by atoms with Crippen LogP contribution in [-0.2, 0) is 22.4 Å². The van der Waals surface area contributed by atoms with Gasteiger partial charge in [0.2, 0.25) is 0 Å². The number of methoxy groups -OCH3 is 1. The molecule has 7 heteroatoms. The molecule has 2 saturated heterocycles. The summed E-state index contributed by atoms with van der Waals surface area (Å²) >= 11 is 1.56. The number of likely N-dealkylation sites (tertiary alicyclic amines) is 1. The van der Waals surface area contributed by atoms with Crippen molar-refractivity contribution in [2.75, 3.05) is 46.5 Å². The zero-order chi connectivity index (χ0) is 23.5. The van der Waals surface area contributed by atoms with Crippen molar-refractivity contribution >= 4 is 27.3 Å². The van der Waals surface area contributed by atoms with Crippen molar-refractivity contribution < 1.29 is 18.7 Å². The molecule has 1 aromatic heterocycles. The summed E-state index contributed by atoms with van der Waals surface area (Å²) < 4.78 is 27.4. The van der Waals surface area contributed by atoms with Gasteiger partial charge in [-0.1, -0.05) is 36.4 Å². The standard InChI is InChI=1S/C27H31FN2O3S/c1-32-15-9-20-6-4-7-22(25(20)28)18-29-12-10-27(11-13-29)19-30(14-16-33-27)26(31)24-17-21-5-2-3-8-23(21)34-24/h2-8,17H,9-16,18-19H2,1H3. The Hall–Kier alpha value is -2.32. The van der Waals surface area contributed by atoms with Gasteiger partial charge in [0.1, 0.15) is 5.82 Å². The van der Waals surface area contributed by atoms with E-state index in [0.717, 1.165) is 46.5 Å². The minimum Gasteiger partial charge on any atom is -0.384 e.